The fraction of sp³-hybridized carbons (Fsp3) is 0.474. The summed E-state index contributed by atoms with van der Waals surface area (Å²) in [7, 11) is 1.64. The first-order chi connectivity index (χ1) is 12.3. The Hall–Kier alpha value is -2.34. The predicted molar refractivity (Wildman–Crippen MR) is 93.6 cm³/mol. The molecule has 1 saturated carbocycles. The number of aromatic amines is 1. The van der Waals surface area contributed by atoms with Crippen molar-refractivity contribution in [2.24, 2.45) is 0 Å². The minimum atomic E-state index is 0.0415. The summed E-state index contributed by atoms with van der Waals surface area (Å²) in [6.45, 7) is 1.26. The van der Waals surface area contributed by atoms with E-state index in [0.717, 1.165) is 36.3 Å². The zero-order chi connectivity index (χ0) is 17.2. The van der Waals surface area contributed by atoms with Crippen LogP contribution in [-0.4, -0.2) is 53.4 Å². The lowest BCUT2D eigenvalue weighted by Gasteiger charge is -2.43. The van der Waals surface area contributed by atoms with E-state index >= 15 is 0 Å². The maximum absolute atomic E-state index is 13.2. The highest BCUT2D eigenvalue weighted by molar-refractivity contribution is 6.00. The first-order valence-electron chi connectivity index (χ1n) is 8.88. The molecule has 0 radical (unpaired) electrons. The van der Waals surface area contributed by atoms with E-state index < -0.39 is 0 Å². The summed E-state index contributed by atoms with van der Waals surface area (Å²) in [6, 6.07) is 7.83. The average Bonchev–Trinajstić information content (AvgIpc) is 3.17. The van der Waals surface area contributed by atoms with Crippen molar-refractivity contribution in [1.82, 2.24) is 15.1 Å². The first-order valence-corrected chi connectivity index (χ1v) is 8.88. The van der Waals surface area contributed by atoms with E-state index in [0.29, 0.717) is 18.7 Å². The van der Waals surface area contributed by atoms with Crippen molar-refractivity contribution in [3.63, 3.8) is 0 Å². The minimum absolute atomic E-state index is 0.0415. The zero-order valence-corrected chi connectivity index (χ0v) is 14.4. The number of benzene rings is 1. The van der Waals surface area contributed by atoms with Gasteiger partial charge in [0.1, 0.15) is 5.75 Å². The molecule has 2 fully saturated rings. The number of H-pyrrole nitrogens is 1. The third kappa shape index (κ3) is 3.02. The molecule has 1 aliphatic carbocycles. The molecular formula is C19H23N3O3. The van der Waals surface area contributed by atoms with Crippen LogP contribution in [0.2, 0.25) is 0 Å². The van der Waals surface area contributed by atoms with Gasteiger partial charge in [-0.05, 0) is 37.1 Å². The van der Waals surface area contributed by atoms with Crippen molar-refractivity contribution >= 4 is 5.91 Å². The molecule has 2 aliphatic rings. The maximum atomic E-state index is 13.2. The standard InChI is InChI=1S/C19H23N3O3/c1-24-14-8-6-13(7-9-14)18-15(12-20-21-18)19(23)22-10-11-25-17-5-3-2-4-16(17)22/h6-9,12,16-17H,2-5,10-11H2,1H3,(H,20,21). The fourth-order valence-corrected chi connectivity index (χ4v) is 3.93. The molecule has 1 aliphatic heterocycles. The lowest BCUT2D eigenvalue weighted by atomic mass is 9.89. The summed E-state index contributed by atoms with van der Waals surface area (Å²) < 4.78 is 11.1. The number of aromatic nitrogens is 2. The van der Waals surface area contributed by atoms with Crippen molar-refractivity contribution in [1.29, 1.82) is 0 Å². The Morgan fingerprint density at radius 1 is 1.28 bits per heavy atom. The number of morpholine rings is 1. The summed E-state index contributed by atoms with van der Waals surface area (Å²) in [6.07, 6.45) is 6.23. The third-order valence-electron chi connectivity index (χ3n) is 5.24. The van der Waals surface area contributed by atoms with Gasteiger partial charge in [0, 0.05) is 12.1 Å². The fourth-order valence-electron chi connectivity index (χ4n) is 3.93. The zero-order valence-electron chi connectivity index (χ0n) is 14.4. The van der Waals surface area contributed by atoms with Crippen molar-refractivity contribution in [3.8, 4) is 17.0 Å². The molecule has 6 nitrogen and oxygen atoms in total. The quantitative estimate of drug-likeness (QED) is 0.932. The van der Waals surface area contributed by atoms with Gasteiger partial charge in [-0.2, -0.15) is 5.10 Å². The van der Waals surface area contributed by atoms with Crippen LogP contribution in [0.3, 0.4) is 0 Å². The van der Waals surface area contributed by atoms with Crippen LogP contribution < -0.4 is 4.74 Å². The molecule has 1 aromatic carbocycles. The molecule has 6 heteroatoms. The summed E-state index contributed by atoms with van der Waals surface area (Å²) in [5, 5.41) is 7.11. The molecule has 1 saturated heterocycles. The van der Waals surface area contributed by atoms with Crippen LogP contribution in [0.25, 0.3) is 11.3 Å². The van der Waals surface area contributed by atoms with Crippen molar-refractivity contribution < 1.29 is 14.3 Å². The van der Waals surface area contributed by atoms with Crippen LogP contribution in [0.1, 0.15) is 36.0 Å². The summed E-state index contributed by atoms with van der Waals surface area (Å²) in [4.78, 5) is 15.2. The molecular weight excluding hydrogens is 318 g/mol. The van der Waals surface area contributed by atoms with E-state index in [9.17, 15) is 4.79 Å². The predicted octanol–water partition coefficient (Wildman–Crippen LogP) is 2.87. The number of rotatable bonds is 3. The maximum Gasteiger partial charge on any atom is 0.258 e. The molecule has 1 amide bonds. The van der Waals surface area contributed by atoms with Gasteiger partial charge in [0.05, 0.1) is 43.3 Å². The van der Waals surface area contributed by atoms with E-state index in [1.54, 1.807) is 13.3 Å². The summed E-state index contributed by atoms with van der Waals surface area (Å²) in [5.41, 5.74) is 2.30. The molecule has 2 aromatic rings. The van der Waals surface area contributed by atoms with E-state index in [-0.39, 0.29) is 18.1 Å². The topological polar surface area (TPSA) is 67.5 Å². The number of nitrogens with one attached hydrogen (secondary N) is 1. The Labute approximate surface area is 147 Å². The van der Waals surface area contributed by atoms with Crippen molar-refractivity contribution in [2.45, 2.75) is 37.8 Å². The van der Waals surface area contributed by atoms with E-state index in [2.05, 4.69) is 10.2 Å². The smallest absolute Gasteiger partial charge is 0.258 e. The van der Waals surface area contributed by atoms with E-state index in [4.69, 9.17) is 9.47 Å². The average molecular weight is 341 g/mol. The van der Waals surface area contributed by atoms with E-state index in [1.165, 1.54) is 6.42 Å². The van der Waals surface area contributed by atoms with E-state index in [1.807, 2.05) is 29.2 Å². The van der Waals surface area contributed by atoms with Crippen LogP contribution in [0.4, 0.5) is 0 Å². The molecule has 2 unspecified atom stereocenters. The molecule has 1 N–H and O–H groups in total. The first kappa shape index (κ1) is 16.1. The number of methoxy groups -OCH3 is 1. The van der Waals surface area contributed by atoms with Gasteiger partial charge in [0.15, 0.2) is 0 Å². The molecule has 132 valence electrons. The highest BCUT2D eigenvalue weighted by atomic mass is 16.5. The van der Waals surface area contributed by atoms with Crippen LogP contribution in [0, 0.1) is 0 Å². The highest BCUT2D eigenvalue weighted by Crippen LogP contribution is 2.31. The number of hydrogen-bond acceptors (Lipinski definition) is 4. The lowest BCUT2D eigenvalue weighted by Crippen LogP contribution is -2.54. The van der Waals surface area contributed by atoms with Gasteiger partial charge in [-0.3, -0.25) is 9.89 Å². The molecule has 2 heterocycles. The summed E-state index contributed by atoms with van der Waals surface area (Å²) in [5.74, 6) is 0.828. The third-order valence-corrected chi connectivity index (χ3v) is 5.24. The highest BCUT2D eigenvalue weighted by Gasteiger charge is 2.37. The number of ether oxygens (including phenoxy) is 2. The molecule has 0 bridgehead atoms. The molecule has 25 heavy (non-hydrogen) atoms. The van der Waals surface area contributed by atoms with Gasteiger partial charge < -0.3 is 14.4 Å². The normalized spacial score (nSPS) is 23.2. The number of carbonyl (C=O) groups excluding carboxylic acids is 1. The Morgan fingerprint density at radius 3 is 2.88 bits per heavy atom. The van der Waals surface area contributed by atoms with Gasteiger partial charge in [0.2, 0.25) is 0 Å². The number of amides is 1. The Kier molecular flexibility index (Phi) is 4.44. The van der Waals surface area contributed by atoms with Crippen LogP contribution in [-0.2, 0) is 4.74 Å². The van der Waals surface area contributed by atoms with Gasteiger partial charge in [0.25, 0.3) is 5.91 Å². The number of nitrogens with zero attached hydrogens (tertiary/aromatic N) is 2. The lowest BCUT2D eigenvalue weighted by molar-refractivity contribution is -0.0752. The second-order valence-electron chi connectivity index (χ2n) is 6.65. The number of fused-ring (bicyclic) bond motifs is 1. The van der Waals surface area contributed by atoms with Crippen molar-refractivity contribution in [2.75, 3.05) is 20.3 Å². The van der Waals surface area contributed by atoms with Crippen LogP contribution >= 0.6 is 0 Å². The molecule has 0 spiro atoms. The monoisotopic (exact) mass is 341 g/mol. The number of hydrogen-bond donors (Lipinski definition) is 1. The molecule has 2 atom stereocenters. The largest absolute Gasteiger partial charge is 0.497 e. The van der Waals surface area contributed by atoms with Crippen LogP contribution in [0.15, 0.2) is 30.5 Å². The van der Waals surface area contributed by atoms with Gasteiger partial charge in [-0.25, -0.2) is 0 Å². The van der Waals surface area contributed by atoms with Crippen molar-refractivity contribution in [3.05, 3.63) is 36.0 Å². The Bertz CT molecular complexity index is 739. The molecule has 1 aromatic heterocycles. The van der Waals surface area contributed by atoms with Gasteiger partial charge in [-0.1, -0.05) is 12.8 Å². The Morgan fingerprint density at radius 2 is 2.08 bits per heavy atom. The van der Waals surface area contributed by atoms with Gasteiger partial charge in [-0.15, -0.1) is 0 Å². The Balaban J connectivity index is 1.61. The van der Waals surface area contributed by atoms with Crippen LogP contribution in [0.5, 0.6) is 5.75 Å². The van der Waals surface area contributed by atoms with Gasteiger partial charge >= 0.3 is 0 Å². The second kappa shape index (κ2) is 6.88. The second-order valence-corrected chi connectivity index (χ2v) is 6.65. The SMILES string of the molecule is COc1ccc(-c2[nH]ncc2C(=O)N2CCOC3CCCCC32)cc1. The number of carbonyl (C=O) groups is 1. The minimum Gasteiger partial charge on any atom is -0.497 e. The molecule has 4 rings (SSSR count). The summed E-state index contributed by atoms with van der Waals surface area (Å²) >= 11 is 0.